The first-order chi connectivity index (χ1) is 9.91. The van der Waals surface area contributed by atoms with Crippen molar-refractivity contribution in [1.29, 1.82) is 0 Å². The first-order valence-electron chi connectivity index (χ1n) is 6.09. The van der Waals surface area contributed by atoms with Crippen molar-refractivity contribution in [1.82, 2.24) is 0 Å². The van der Waals surface area contributed by atoms with Crippen molar-refractivity contribution in [3.05, 3.63) is 54.6 Å². The molecule has 2 aromatic carbocycles. The van der Waals surface area contributed by atoms with Crippen molar-refractivity contribution in [2.45, 2.75) is 6.36 Å². The summed E-state index contributed by atoms with van der Waals surface area (Å²) in [5.41, 5.74) is 1.85. The molecule has 21 heavy (non-hydrogen) atoms. The predicted octanol–water partition coefficient (Wildman–Crippen LogP) is 4.90. The van der Waals surface area contributed by atoms with E-state index in [0.29, 0.717) is 16.9 Å². The molecule has 0 bridgehead atoms. The number of methoxy groups -OCH3 is 1. The summed E-state index contributed by atoms with van der Waals surface area (Å²) in [6.07, 6.45) is -3.27. The van der Waals surface area contributed by atoms with Crippen molar-refractivity contribution in [2.24, 2.45) is 0 Å². The second kappa shape index (κ2) is 5.91. The Balaban J connectivity index is 2.47. The van der Waals surface area contributed by atoms with Gasteiger partial charge in [0.05, 0.1) is 7.11 Å². The highest BCUT2D eigenvalue weighted by molar-refractivity contribution is 5.70. The summed E-state index contributed by atoms with van der Waals surface area (Å²) >= 11 is 0. The normalized spacial score (nSPS) is 11.0. The fourth-order valence-electron chi connectivity index (χ4n) is 1.90. The van der Waals surface area contributed by atoms with Crippen LogP contribution in [0.3, 0.4) is 0 Å². The van der Waals surface area contributed by atoms with Gasteiger partial charge < -0.3 is 9.47 Å². The van der Waals surface area contributed by atoms with E-state index in [1.54, 1.807) is 30.3 Å². The zero-order chi connectivity index (χ0) is 15.5. The number of benzene rings is 2. The Kier molecular flexibility index (Phi) is 4.21. The molecule has 0 spiro atoms. The monoisotopic (exact) mass is 294 g/mol. The highest BCUT2D eigenvalue weighted by atomic mass is 19.4. The molecule has 2 aromatic rings. The van der Waals surface area contributed by atoms with E-state index in [4.69, 9.17) is 4.74 Å². The molecule has 0 radical (unpaired) electrons. The van der Waals surface area contributed by atoms with Gasteiger partial charge in [-0.1, -0.05) is 24.8 Å². The molecule has 0 aromatic heterocycles. The number of rotatable bonds is 4. The van der Waals surface area contributed by atoms with Gasteiger partial charge in [-0.15, -0.1) is 13.2 Å². The van der Waals surface area contributed by atoms with E-state index in [1.807, 2.05) is 0 Å². The fraction of sp³-hybridized carbons (Fsp3) is 0.125. The molecule has 0 aliphatic rings. The molecule has 5 heteroatoms. The minimum Gasteiger partial charge on any atom is -0.497 e. The lowest BCUT2D eigenvalue weighted by Gasteiger charge is -2.12. The van der Waals surface area contributed by atoms with Gasteiger partial charge in [0.15, 0.2) is 0 Å². The van der Waals surface area contributed by atoms with Crippen LogP contribution in [0.2, 0.25) is 0 Å². The van der Waals surface area contributed by atoms with Gasteiger partial charge in [-0.05, 0) is 47.0 Å². The van der Waals surface area contributed by atoms with Crippen LogP contribution in [0.1, 0.15) is 5.56 Å². The van der Waals surface area contributed by atoms with Crippen molar-refractivity contribution < 1.29 is 22.6 Å². The smallest absolute Gasteiger partial charge is 0.497 e. The second-order valence-electron chi connectivity index (χ2n) is 4.27. The molecule has 110 valence electrons. The zero-order valence-corrected chi connectivity index (χ0v) is 11.3. The van der Waals surface area contributed by atoms with E-state index in [0.717, 1.165) is 5.56 Å². The van der Waals surface area contributed by atoms with E-state index in [2.05, 4.69) is 11.3 Å². The van der Waals surface area contributed by atoms with Gasteiger partial charge in [0.2, 0.25) is 0 Å². The molecule has 0 unspecified atom stereocenters. The van der Waals surface area contributed by atoms with Crippen molar-refractivity contribution >= 4 is 6.08 Å². The Hall–Kier alpha value is -2.43. The van der Waals surface area contributed by atoms with Gasteiger partial charge in [0, 0.05) is 0 Å². The topological polar surface area (TPSA) is 18.5 Å². The van der Waals surface area contributed by atoms with Crippen LogP contribution in [-0.2, 0) is 0 Å². The lowest BCUT2D eigenvalue weighted by molar-refractivity contribution is -0.274. The molecule has 0 aliphatic carbocycles. The number of hydrogen-bond donors (Lipinski definition) is 0. The van der Waals surface area contributed by atoms with Crippen molar-refractivity contribution in [2.75, 3.05) is 7.11 Å². The summed E-state index contributed by atoms with van der Waals surface area (Å²) in [5, 5.41) is 0. The first-order valence-corrected chi connectivity index (χ1v) is 6.09. The van der Waals surface area contributed by atoms with Crippen LogP contribution >= 0.6 is 0 Å². The Morgan fingerprint density at radius 2 is 1.71 bits per heavy atom. The van der Waals surface area contributed by atoms with Gasteiger partial charge in [-0.2, -0.15) is 0 Å². The molecular weight excluding hydrogens is 281 g/mol. The summed E-state index contributed by atoms with van der Waals surface area (Å²) in [7, 11) is 1.53. The van der Waals surface area contributed by atoms with Crippen LogP contribution in [0.15, 0.2) is 49.0 Å². The number of alkyl halides is 3. The molecule has 0 saturated carbocycles. The van der Waals surface area contributed by atoms with Crippen LogP contribution in [0.5, 0.6) is 11.5 Å². The van der Waals surface area contributed by atoms with E-state index in [-0.39, 0.29) is 5.75 Å². The van der Waals surface area contributed by atoms with Gasteiger partial charge in [0.25, 0.3) is 0 Å². The molecule has 0 amide bonds. The fourth-order valence-corrected chi connectivity index (χ4v) is 1.90. The van der Waals surface area contributed by atoms with Gasteiger partial charge in [0.1, 0.15) is 11.5 Å². The summed E-state index contributed by atoms with van der Waals surface area (Å²) in [6.45, 7) is 3.58. The quantitative estimate of drug-likeness (QED) is 0.798. The van der Waals surface area contributed by atoms with Crippen LogP contribution in [0, 0.1) is 0 Å². The third-order valence-corrected chi connectivity index (χ3v) is 2.80. The Labute approximate surface area is 120 Å². The highest BCUT2D eigenvalue weighted by Crippen LogP contribution is 2.31. The number of ether oxygens (including phenoxy) is 2. The second-order valence-corrected chi connectivity index (χ2v) is 4.27. The van der Waals surface area contributed by atoms with Crippen LogP contribution in [0.4, 0.5) is 13.2 Å². The maximum Gasteiger partial charge on any atom is 0.573 e. The summed E-state index contributed by atoms with van der Waals surface area (Å²) in [6, 6.07) is 11.4. The maximum atomic E-state index is 12.4. The lowest BCUT2D eigenvalue weighted by Crippen LogP contribution is -2.17. The molecule has 0 fully saturated rings. The first kappa shape index (κ1) is 15.0. The summed E-state index contributed by atoms with van der Waals surface area (Å²) < 4.78 is 46.2. The molecule has 0 saturated heterocycles. The molecule has 0 N–H and O–H groups in total. The molecule has 0 heterocycles. The third-order valence-electron chi connectivity index (χ3n) is 2.80. The van der Waals surface area contributed by atoms with E-state index < -0.39 is 6.36 Å². The Morgan fingerprint density at radius 1 is 1.00 bits per heavy atom. The average Bonchev–Trinajstić information content (AvgIpc) is 2.45. The number of halogens is 3. The average molecular weight is 294 g/mol. The minimum atomic E-state index is -4.73. The van der Waals surface area contributed by atoms with Crippen LogP contribution in [0.25, 0.3) is 17.2 Å². The molecule has 0 aliphatic heterocycles. The lowest BCUT2D eigenvalue weighted by atomic mass is 10.0. The largest absolute Gasteiger partial charge is 0.573 e. The Morgan fingerprint density at radius 3 is 2.33 bits per heavy atom. The van der Waals surface area contributed by atoms with Gasteiger partial charge >= 0.3 is 6.36 Å². The van der Waals surface area contributed by atoms with E-state index in [9.17, 15) is 13.2 Å². The SMILES string of the molecule is C=Cc1cc(OC(F)(F)F)cc(-c2cccc(OC)c2)c1. The molecule has 2 nitrogen and oxygen atoms in total. The standard InChI is InChI=1S/C16H13F3O2/c1-3-11-7-13(10-15(8-11)21-16(17,18)19)12-5-4-6-14(9-12)20-2/h3-10H,1H2,2H3. The van der Waals surface area contributed by atoms with E-state index in [1.165, 1.54) is 25.3 Å². The van der Waals surface area contributed by atoms with Gasteiger partial charge in [-0.25, -0.2) is 0 Å². The third kappa shape index (κ3) is 4.02. The van der Waals surface area contributed by atoms with E-state index >= 15 is 0 Å². The molecular formula is C16H13F3O2. The summed E-state index contributed by atoms with van der Waals surface area (Å²) in [5.74, 6) is 0.340. The molecule has 2 rings (SSSR count). The van der Waals surface area contributed by atoms with Crippen molar-refractivity contribution in [3.8, 4) is 22.6 Å². The highest BCUT2D eigenvalue weighted by Gasteiger charge is 2.31. The molecule has 0 atom stereocenters. The Bertz CT molecular complexity index is 648. The van der Waals surface area contributed by atoms with Crippen LogP contribution < -0.4 is 9.47 Å². The van der Waals surface area contributed by atoms with Crippen molar-refractivity contribution in [3.63, 3.8) is 0 Å². The predicted molar refractivity (Wildman–Crippen MR) is 75.2 cm³/mol. The minimum absolute atomic E-state index is 0.280. The van der Waals surface area contributed by atoms with Gasteiger partial charge in [-0.3, -0.25) is 0 Å². The maximum absolute atomic E-state index is 12.4. The number of hydrogen-bond acceptors (Lipinski definition) is 2. The zero-order valence-electron chi connectivity index (χ0n) is 11.3. The summed E-state index contributed by atoms with van der Waals surface area (Å²) in [4.78, 5) is 0. The van der Waals surface area contributed by atoms with Crippen LogP contribution in [-0.4, -0.2) is 13.5 Å².